The van der Waals surface area contributed by atoms with Gasteiger partial charge in [-0.3, -0.25) is 9.53 Å². The van der Waals surface area contributed by atoms with Crippen molar-refractivity contribution in [3.05, 3.63) is 18.2 Å². The zero-order valence-corrected chi connectivity index (χ0v) is 15.5. The summed E-state index contributed by atoms with van der Waals surface area (Å²) in [6.45, 7) is -0.116. The maximum absolute atomic E-state index is 12.1. The van der Waals surface area contributed by atoms with Crippen molar-refractivity contribution in [3.8, 4) is 0 Å². The largest absolute Gasteiger partial charge is 0.522 e. The molecule has 1 aromatic rings. The van der Waals surface area contributed by atoms with Crippen LogP contribution in [0.4, 0.5) is 13.2 Å². The number of amides is 1. The highest BCUT2D eigenvalue weighted by molar-refractivity contribution is 5.78. The second-order valence-corrected chi connectivity index (χ2v) is 9.01. The molecule has 0 atom stereocenters. The third-order valence-corrected chi connectivity index (χ3v) is 6.88. The van der Waals surface area contributed by atoms with Gasteiger partial charge in [-0.05, 0) is 32.1 Å². The van der Waals surface area contributed by atoms with Crippen molar-refractivity contribution in [2.45, 2.75) is 86.9 Å². The first kappa shape index (κ1) is 18.4. The molecule has 2 bridgehead atoms. The minimum Gasteiger partial charge on any atom is -0.368 e. The van der Waals surface area contributed by atoms with Crippen LogP contribution in [0.3, 0.4) is 0 Å². The van der Waals surface area contributed by atoms with Crippen LogP contribution >= 0.6 is 0 Å². The number of alkyl halides is 3. The lowest BCUT2D eigenvalue weighted by Gasteiger charge is -2.70. The van der Waals surface area contributed by atoms with Crippen LogP contribution in [-0.4, -0.2) is 46.2 Å². The van der Waals surface area contributed by atoms with E-state index in [-0.39, 0.29) is 42.5 Å². The van der Waals surface area contributed by atoms with Crippen LogP contribution in [-0.2, 0) is 19.8 Å². The van der Waals surface area contributed by atoms with E-state index in [9.17, 15) is 18.0 Å². The standard InChI is InChI=1S/C19H24F3N3O3/c20-19(21,22)28-14-4-13(5-14)27-7-16(26)24-17-8-18(9-17,10-17)25-6-15(23-11-25)12-2-1-3-12/h6,11-14H,1-5,7-10H2,(H,24,26). The molecular weight excluding hydrogens is 375 g/mol. The van der Waals surface area contributed by atoms with Gasteiger partial charge in [0.05, 0.1) is 29.8 Å². The highest BCUT2D eigenvalue weighted by atomic mass is 19.4. The molecule has 0 saturated heterocycles. The normalized spacial score (nSPS) is 36.7. The van der Waals surface area contributed by atoms with Gasteiger partial charge in [-0.25, -0.2) is 4.98 Å². The van der Waals surface area contributed by atoms with Crippen LogP contribution in [0.25, 0.3) is 0 Å². The molecule has 1 amide bonds. The monoisotopic (exact) mass is 399 g/mol. The molecule has 6 rings (SSSR count). The first-order chi connectivity index (χ1) is 13.2. The van der Waals surface area contributed by atoms with Gasteiger partial charge >= 0.3 is 6.36 Å². The summed E-state index contributed by atoms with van der Waals surface area (Å²) in [6, 6.07) is 0. The van der Waals surface area contributed by atoms with Crippen LogP contribution in [0.2, 0.25) is 0 Å². The molecule has 5 fully saturated rings. The van der Waals surface area contributed by atoms with Crippen molar-refractivity contribution in [2.24, 2.45) is 0 Å². The molecule has 0 radical (unpaired) electrons. The van der Waals surface area contributed by atoms with Crippen molar-refractivity contribution < 1.29 is 27.4 Å². The Morgan fingerprint density at radius 2 is 1.96 bits per heavy atom. The predicted molar refractivity (Wildman–Crippen MR) is 91.4 cm³/mol. The van der Waals surface area contributed by atoms with Crippen LogP contribution < -0.4 is 5.32 Å². The van der Waals surface area contributed by atoms with E-state index in [2.05, 4.69) is 25.8 Å². The van der Waals surface area contributed by atoms with Crippen molar-refractivity contribution in [3.63, 3.8) is 0 Å². The molecule has 0 unspecified atom stereocenters. The number of aromatic nitrogens is 2. The van der Waals surface area contributed by atoms with E-state index in [1.165, 1.54) is 25.0 Å². The van der Waals surface area contributed by atoms with Gasteiger partial charge in [0.25, 0.3) is 0 Å². The number of carbonyl (C=O) groups excluding carboxylic acids is 1. The molecule has 0 aromatic carbocycles. The number of hydrogen-bond donors (Lipinski definition) is 1. The van der Waals surface area contributed by atoms with E-state index in [4.69, 9.17) is 4.74 Å². The van der Waals surface area contributed by atoms with Gasteiger partial charge in [-0.2, -0.15) is 0 Å². The number of rotatable bonds is 7. The Morgan fingerprint density at radius 1 is 1.25 bits per heavy atom. The van der Waals surface area contributed by atoms with Crippen LogP contribution in [0.15, 0.2) is 12.5 Å². The molecule has 1 heterocycles. The fourth-order valence-electron chi connectivity index (χ4n) is 5.12. The average molecular weight is 399 g/mol. The van der Waals surface area contributed by atoms with Crippen molar-refractivity contribution >= 4 is 5.91 Å². The summed E-state index contributed by atoms with van der Waals surface area (Å²) in [7, 11) is 0. The summed E-state index contributed by atoms with van der Waals surface area (Å²) in [5.41, 5.74) is 1.14. The fourth-order valence-corrected chi connectivity index (χ4v) is 5.12. The molecule has 28 heavy (non-hydrogen) atoms. The van der Waals surface area contributed by atoms with Gasteiger partial charge in [0, 0.05) is 30.5 Å². The number of halogens is 3. The van der Waals surface area contributed by atoms with Crippen molar-refractivity contribution in [1.29, 1.82) is 0 Å². The van der Waals surface area contributed by atoms with E-state index in [1.807, 2.05) is 6.33 Å². The molecule has 5 saturated carbocycles. The Morgan fingerprint density at radius 3 is 2.57 bits per heavy atom. The predicted octanol–water partition coefficient (Wildman–Crippen LogP) is 2.98. The second kappa shape index (κ2) is 6.19. The molecule has 1 N–H and O–H groups in total. The smallest absolute Gasteiger partial charge is 0.368 e. The van der Waals surface area contributed by atoms with E-state index in [0.29, 0.717) is 5.92 Å². The minimum atomic E-state index is -4.61. The molecule has 5 aliphatic rings. The van der Waals surface area contributed by atoms with Crippen LogP contribution in [0, 0.1) is 0 Å². The zero-order chi connectivity index (χ0) is 19.6. The third-order valence-electron chi connectivity index (χ3n) is 6.88. The highest BCUT2D eigenvalue weighted by Crippen LogP contribution is 2.65. The Kier molecular flexibility index (Phi) is 4.07. The number of imidazole rings is 1. The molecule has 9 heteroatoms. The SMILES string of the molecule is O=C(COC1CC(OC(F)(F)F)C1)NC12CC(n3cnc(C4CCC4)c3)(C1)C2. The summed E-state index contributed by atoms with van der Waals surface area (Å²) < 4.78 is 47.8. The van der Waals surface area contributed by atoms with Gasteiger partial charge in [0.1, 0.15) is 6.61 Å². The van der Waals surface area contributed by atoms with Crippen molar-refractivity contribution in [2.75, 3.05) is 6.61 Å². The Labute approximate surface area is 160 Å². The van der Waals surface area contributed by atoms with Crippen LogP contribution in [0.1, 0.15) is 63.0 Å². The van der Waals surface area contributed by atoms with E-state index in [1.54, 1.807) is 0 Å². The summed E-state index contributed by atoms with van der Waals surface area (Å²) in [6.07, 6.45) is 5.09. The van der Waals surface area contributed by atoms with Gasteiger partial charge in [0.15, 0.2) is 0 Å². The summed E-state index contributed by atoms with van der Waals surface area (Å²) >= 11 is 0. The van der Waals surface area contributed by atoms with E-state index >= 15 is 0 Å². The number of nitrogens with zero attached hydrogens (tertiary/aromatic N) is 2. The Bertz CT molecular complexity index is 748. The highest BCUT2D eigenvalue weighted by Gasteiger charge is 2.69. The Balaban J connectivity index is 1.03. The lowest BCUT2D eigenvalue weighted by Crippen LogP contribution is -2.78. The first-order valence-corrected chi connectivity index (χ1v) is 9.96. The van der Waals surface area contributed by atoms with Gasteiger partial charge in [-0.15, -0.1) is 13.2 Å². The Hall–Kier alpha value is -1.61. The molecular formula is C19H24F3N3O3. The molecule has 5 aliphatic carbocycles. The lowest BCUT2D eigenvalue weighted by atomic mass is 9.44. The summed E-state index contributed by atoms with van der Waals surface area (Å²) in [5.74, 6) is 0.418. The van der Waals surface area contributed by atoms with E-state index in [0.717, 1.165) is 19.3 Å². The number of ether oxygens (including phenoxy) is 2. The maximum Gasteiger partial charge on any atom is 0.522 e. The molecule has 0 spiro atoms. The van der Waals surface area contributed by atoms with Gasteiger partial charge in [0.2, 0.25) is 5.91 Å². The van der Waals surface area contributed by atoms with E-state index < -0.39 is 12.5 Å². The topological polar surface area (TPSA) is 65.4 Å². The summed E-state index contributed by atoms with van der Waals surface area (Å²) in [4.78, 5) is 16.7. The second-order valence-electron chi connectivity index (χ2n) is 9.01. The number of carbonyl (C=O) groups is 1. The lowest BCUT2D eigenvalue weighted by molar-refractivity contribution is -0.357. The molecule has 1 aromatic heterocycles. The van der Waals surface area contributed by atoms with Gasteiger partial charge in [-0.1, -0.05) is 6.42 Å². The van der Waals surface area contributed by atoms with Crippen molar-refractivity contribution in [1.82, 2.24) is 14.9 Å². The fraction of sp³-hybridized carbons (Fsp3) is 0.789. The summed E-state index contributed by atoms with van der Waals surface area (Å²) in [5, 5.41) is 3.05. The zero-order valence-electron chi connectivity index (χ0n) is 15.5. The first-order valence-electron chi connectivity index (χ1n) is 9.96. The molecule has 6 nitrogen and oxygen atoms in total. The van der Waals surface area contributed by atoms with Gasteiger partial charge < -0.3 is 14.6 Å². The minimum absolute atomic E-state index is 0.0965. The maximum atomic E-state index is 12.1. The third kappa shape index (κ3) is 3.22. The average Bonchev–Trinajstić information content (AvgIpc) is 2.89. The number of hydrogen-bond acceptors (Lipinski definition) is 4. The molecule has 154 valence electrons. The number of nitrogens with one attached hydrogen (secondary N) is 1. The molecule has 0 aliphatic heterocycles. The van der Waals surface area contributed by atoms with Crippen LogP contribution in [0.5, 0.6) is 0 Å². The quantitative estimate of drug-likeness (QED) is 0.766.